The van der Waals surface area contributed by atoms with Crippen LogP contribution >= 0.6 is 0 Å². The van der Waals surface area contributed by atoms with Gasteiger partial charge in [-0.25, -0.2) is 23.1 Å². The molecule has 0 bridgehead atoms. The highest BCUT2D eigenvalue weighted by molar-refractivity contribution is 6.00. The van der Waals surface area contributed by atoms with Crippen LogP contribution in [0.2, 0.25) is 0 Å². The van der Waals surface area contributed by atoms with E-state index in [4.69, 9.17) is 14.4 Å². The second kappa shape index (κ2) is 15.8. The summed E-state index contributed by atoms with van der Waals surface area (Å²) >= 11 is 0. The fraction of sp³-hybridized carbons (Fsp3) is 0.434. The van der Waals surface area contributed by atoms with Crippen LogP contribution in [0.25, 0.3) is 39.0 Å². The van der Waals surface area contributed by atoms with Crippen molar-refractivity contribution in [2.75, 3.05) is 33.3 Å². The molecule has 368 valence electrons. The van der Waals surface area contributed by atoms with Crippen molar-refractivity contribution >= 4 is 27.7 Å². The Labute approximate surface area is 407 Å². The Morgan fingerprint density at radius 2 is 1.66 bits per heavy atom. The van der Waals surface area contributed by atoms with Gasteiger partial charge in [0, 0.05) is 61.0 Å². The van der Waals surface area contributed by atoms with Gasteiger partial charge >= 0.3 is 11.4 Å². The fourth-order valence-corrected chi connectivity index (χ4v) is 12.7. The number of imidazole rings is 1. The maximum atomic E-state index is 16.4. The van der Waals surface area contributed by atoms with Crippen molar-refractivity contribution in [1.82, 2.24) is 53.2 Å². The lowest BCUT2D eigenvalue weighted by molar-refractivity contribution is -0.0592. The number of piperidine rings is 1. The van der Waals surface area contributed by atoms with Gasteiger partial charge in [-0.1, -0.05) is 18.1 Å². The zero-order chi connectivity index (χ0) is 49.6. The number of H-pyrrole nitrogens is 1. The van der Waals surface area contributed by atoms with Crippen molar-refractivity contribution in [3.05, 3.63) is 139 Å². The molecule has 18 heteroatoms. The quantitative estimate of drug-likeness (QED) is 0.168. The number of nitrogens with zero attached hydrogens (tertiary/aromatic N) is 10. The number of hydrogen-bond acceptors (Lipinski definition) is 9. The molecule has 0 radical (unpaired) electrons. The summed E-state index contributed by atoms with van der Waals surface area (Å²) in [7, 11) is 3.80. The smallest absolute Gasteiger partial charge is 0.376 e. The minimum Gasteiger partial charge on any atom is -0.376 e. The number of carbonyl (C=O) groups excluding carboxylic acids is 1. The number of likely N-dealkylation sites (N-methyl/N-ethyl adjacent to an activating group) is 1. The Kier molecular flexibility index (Phi) is 10.1. The molecule has 8 heterocycles. The van der Waals surface area contributed by atoms with Crippen molar-refractivity contribution < 1.29 is 22.8 Å². The van der Waals surface area contributed by atoms with Gasteiger partial charge in [0.2, 0.25) is 0 Å². The molecule has 3 fully saturated rings. The number of rotatable bonds is 7. The summed E-state index contributed by atoms with van der Waals surface area (Å²) in [5.74, 6) is -0.893. The van der Waals surface area contributed by atoms with E-state index >= 15 is 18.4 Å². The number of fused-ring (bicyclic) bond motifs is 4. The predicted octanol–water partition coefficient (Wildman–Crippen LogP) is 7.86. The molecule has 1 N–H and O–H groups in total. The van der Waals surface area contributed by atoms with E-state index < -0.39 is 34.3 Å². The van der Waals surface area contributed by atoms with Crippen LogP contribution in [0.1, 0.15) is 116 Å². The Morgan fingerprint density at radius 3 is 2.37 bits per heavy atom. The maximum absolute atomic E-state index is 16.4. The van der Waals surface area contributed by atoms with Crippen LogP contribution in [0.3, 0.4) is 0 Å². The zero-order valence-electron chi connectivity index (χ0n) is 41.2. The lowest BCUT2D eigenvalue weighted by Crippen LogP contribution is -2.56. The Balaban J connectivity index is 1.07. The zero-order valence-corrected chi connectivity index (χ0v) is 41.2. The number of halogens is 2. The first kappa shape index (κ1) is 45.2. The van der Waals surface area contributed by atoms with E-state index in [-0.39, 0.29) is 40.2 Å². The number of aryl methyl sites for hydroxylation is 3. The predicted molar refractivity (Wildman–Crippen MR) is 262 cm³/mol. The average molecular weight is 966 g/mol. The van der Waals surface area contributed by atoms with E-state index in [0.717, 1.165) is 42.4 Å². The molecule has 4 aliphatic rings. The van der Waals surface area contributed by atoms with E-state index in [1.165, 1.54) is 27.1 Å². The first-order valence-corrected chi connectivity index (χ1v) is 24.6. The summed E-state index contributed by atoms with van der Waals surface area (Å²) in [6.45, 7) is 14.1. The first-order valence-electron chi connectivity index (χ1n) is 24.6. The monoisotopic (exact) mass is 965 g/mol. The normalized spacial score (nSPS) is 24.4. The summed E-state index contributed by atoms with van der Waals surface area (Å²) in [6, 6.07) is 14.5. The third-order valence-corrected chi connectivity index (χ3v) is 16.3. The molecule has 71 heavy (non-hydrogen) atoms. The lowest BCUT2D eigenvalue weighted by atomic mass is 9.71. The van der Waals surface area contributed by atoms with Crippen LogP contribution in [0.5, 0.6) is 0 Å². The molecular formula is C53H57F2N11O5. The molecule has 8 aromatic rings. The number of aromatic amines is 1. The molecule has 5 aromatic heterocycles. The largest absolute Gasteiger partial charge is 0.438 e. The number of amides is 1. The van der Waals surface area contributed by atoms with Crippen LogP contribution in [-0.2, 0) is 22.7 Å². The average Bonchev–Trinajstić information content (AvgIpc) is 3.98. The number of carbonyl (C=O) groups is 1. The standard InChI is InChI=1S/C53H57F2N11O5/c1-29-20-36(21-30(2)43(29)54)66-46(63-18-17-62(50(63)69)40-13-12-39-37(44(40)55)26-56-61(39)8)42-32(4)64(28-52(45(42)58-66)15-9-16-60(7)27-52)47(67)41-23-35-22-33(34-14-19-70-51(5,6)25-34)10-11-38(35)65(41)53(24-31(53)3)48-57-49(68)71-59-48/h10-13,17-18,20-23,26,31-32,34H,9,14-16,19,24-25,27-28H2,1-8H3,(H,57,59,68)/t31-,32-,34-,52?,53-/m0/s1. The summed E-state index contributed by atoms with van der Waals surface area (Å²) in [5, 5.41) is 15.1. The van der Waals surface area contributed by atoms with Crippen molar-refractivity contribution in [1.29, 1.82) is 0 Å². The Bertz CT molecular complexity index is 3600. The van der Waals surface area contributed by atoms with Gasteiger partial charge in [-0.15, -0.1) is 0 Å². The van der Waals surface area contributed by atoms with Gasteiger partial charge in [0.05, 0.1) is 45.8 Å². The molecule has 16 nitrogen and oxygen atoms in total. The van der Waals surface area contributed by atoms with E-state index in [0.29, 0.717) is 77.8 Å². The van der Waals surface area contributed by atoms with Gasteiger partial charge in [-0.3, -0.25) is 28.1 Å². The number of aromatic nitrogens is 9. The summed E-state index contributed by atoms with van der Waals surface area (Å²) in [6.07, 6.45) is 8.42. The van der Waals surface area contributed by atoms with Crippen LogP contribution < -0.4 is 11.4 Å². The second-order valence-corrected chi connectivity index (χ2v) is 21.5. The highest BCUT2D eigenvalue weighted by Crippen LogP contribution is 2.56. The van der Waals surface area contributed by atoms with Crippen LogP contribution in [0.4, 0.5) is 8.78 Å². The van der Waals surface area contributed by atoms with Crippen molar-refractivity contribution in [3.63, 3.8) is 0 Å². The number of ether oxygens (including phenoxy) is 1. The molecule has 1 saturated carbocycles. The van der Waals surface area contributed by atoms with Crippen molar-refractivity contribution in [2.24, 2.45) is 13.0 Å². The number of benzene rings is 3. The van der Waals surface area contributed by atoms with Crippen molar-refractivity contribution in [3.8, 4) is 17.2 Å². The highest BCUT2D eigenvalue weighted by atomic mass is 19.1. The van der Waals surface area contributed by atoms with E-state index in [1.54, 1.807) is 60.7 Å². The van der Waals surface area contributed by atoms with Gasteiger partial charge in [0.15, 0.2) is 11.6 Å². The van der Waals surface area contributed by atoms with Gasteiger partial charge < -0.3 is 19.1 Å². The van der Waals surface area contributed by atoms with Gasteiger partial charge in [-0.2, -0.15) is 10.2 Å². The lowest BCUT2D eigenvalue weighted by Gasteiger charge is -2.49. The van der Waals surface area contributed by atoms with Crippen LogP contribution in [-0.4, -0.2) is 98.0 Å². The molecule has 1 amide bonds. The van der Waals surface area contributed by atoms with Gasteiger partial charge in [0.25, 0.3) is 5.91 Å². The SMILES string of the molecule is Cc1cc(-n2nc3c(c2-n2ccn(-c4ccc5c(cnn5C)c4F)c2=O)[C@H](C)N(C(=O)c2cc4cc([C@H]5CCOC(C)(C)C5)ccc4n2[C@@]2(c4noc(=O)[nH]4)C[C@@H]2C)CC32CCCN(C)C2)cc(C)c1F. The topological polar surface area (TPSA) is 159 Å². The van der Waals surface area contributed by atoms with Crippen LogP contribution in [0.15, 0.2) is 81.2 Å². The molecule has 1 aliphatic carbocycles. The van der Waals surface area contributed by atoms with E-state index in [1.807, 2.05) is 17.9 Å². The van der Waals surface area contributed by atoms with Gasteiger partial charge in [-0.05, 0) is 151 Å². The molecule has 1 unspecified atom stereocenters. The van der Waals surface area contributed by atoms with E-state index in [2.05, 4.69) is 70.7 Å². The number of nitrogens with one attached hydrogen (secondary N) is 1. The number of hydrogen-bond donors (Lipinski definition) is 1. The minimum absolute atomic E-state index is 0.0165. The Hall–Kier alpha value is -6.92. The summed E-state index contributed by atoms with van der Waals surface area (Å²) in [5.41, 5.74) is 3.36. The minimum atomic E-state index is -0.882. The molecule has 12 rings (SSSR count). The molecule has 5 atom stereocenters. The second-order valence-electron chi connectivity index (χ2n) is 21.5. The van der Waals surface area contributed by atoms with Crippen molar-refractivity contribution in [2.45, 2.75) is 102 Å². The fourth-order valence-electron chi connectivity index (χ4n) is 12.7. The molecule has 3 aromatic carbocycles. The molecule has 3 aliphatic heterocycles. The summed E-state index contributed by atoms with van der Waals surface area (Å²) < 4.78 is 51.2. The van der Waals surface area contributed by atoms with E-state index in [9.17, 15) is 4.79 Å². The van der Waals surface area contributed by atoms with Gasteiger partial charge in [0.1, 0.15) is 22.9 Å². The third kappa shape index (κ3) is 6.80. The first-order chi connectivity index (χ1) is 33.9. The number of likely N-dealkylation sites (tertiary alicyclic amines) is 1. The van der Waals surface area contributed by atoms with Crippen LogP contribution in [0, 0.1) is 31.4 Å². The highest BCUT2D eigenvalue weighted by Gasteiger charge is 2.60. The Morgan fingerprint density at radius 1 is 0.915 bits per heavy atom. The molecule has 1 spiro atoms. The maximum Gasteiger partial charge on any atom is 0.438 e. The molecule has 2 saturated heterocycles. The third-order valence-electron chi connectivity index (χ3n) is 16.3. The molecular weight excluding hydrogens is 909 g/mol. The summed E-state index contributed by atoms with van der Waals surface area (Å²) in [4.78, 5) is 51.0.